The lowest BCUT2D eigenvalue weighted by atomic mass is 10.1. The Labute approximate surface area is 187 Å². The van der Waals surface area contributed by atoms with Gasteiger partial charge < -0.3 is 19.4 Å². The average molecular weight is 431 g/mol. The quantitative estimate of drug-likeness (QED) is 0.449. The Morgan fingerprint density at radius 3 is 2.69 bits per heavy atom. The van der Waals surface area contributed by atoms with Crippen LogP contribution in [0.4, 0.5) is 0 Å². The molecule has 1 atom stereocenters. The first kappa shape index (κ1) is 21.4. The maximum absolute atomic E-state index is 12.8. The summed E-state index contributed by atoms with van der Waals surface area (Å²) in [5, 5.41) is 4.10. The summed E-state index contributed by atoms with van der Waals surface area (Å²) < 4.78 is 12.8. The number of nitrogens with zero attached hydrogens (tertiary/aromatic N) is 3. The number of carbonyl (C=O) groups excluding carboxylic acids is 1. The summed E-state index contributed by atoms with van der Waals surface area (Å²) in [5.41, 5.74) is 3.69. The molecule has 7 nitrogen and oxygen atoms in total. The van der Waals surface area contributed by atoms with Crippen LogP contribution in [-0.2, 0) is 11.3 Å². The van der Waals surface area contributed by atoms with E-state index in [0.29, 0.717) is 24.5 Å². The van der Waals surface area contributed by atoms with Gasteiger partial charge in [-0.1, -0.05) is 0 Å². The van der Waals surface area contributed by atoms with E-state index in [4.69, 9.17) is 9.47 Å². The Bertz CT molecular complexity index is 1220. The lowest BCUT2D eigenvalue weighted by Crippen LogP contribution is -2.27. The van der Waals surface area contributed by atoms with E-state index in [0.717, 1.165) is 27.9 Å². The van der Waals surface area contributed by atoms with Crippen molar-refractivity contribution in [3.05, 3.63) is 72.7 Å². The van der Waals surface area contributed by atoms with Crippen molar-refractivity contribution in [2.75, 3.05) is 14.2 Å². The summed E-state index contributed by atoms with van der Waals surface area (Å²) in [5.74, 6) is 1.36. The summed E-state index contributed by atoms with van der Waals surface area (Å²) in [6, 6.07) is 15.3. The average Bonchev–Trinajstić information content (AvgIpc) is 3.21. The van der Waals surface area contributed by atoms with Crippen molar-refractivity contribution in [1.82, 2.24) is 19.9 Å². The highest BCUT2D eigenvalue weighted by Gasteiger charge is 2.17. The van der Waals surface area contributed by atoms with E-state index in [9.17, 15) is 4.79 Å². The van der Waals surface area contributed by atoms with Gasteiger partial charge in [-0.3, -0.25) is 9.78 Å². The minimum Gasteiger partial charge on any atom is -0.497 e. The Morgan fingerprint density at radius 1 is 1.09 bits per heavy atom. The van der Waals surface area contributed by atoms with Crippen LogP contribution in [0, 0.1) is 0 Å². The number of rotatable bonds is 8. The maximum atomic E-state index is 12.8. The third kappa shape index (κ3) is 4.42. The zero-order valence-electron chi connectivity index (χ0n) is 18.4. The molecule has 0 saturated heterocycles. The van der Waals surface area contributed by atoms with E-state index in [1.807, 2.05) is 55.6 Å². The topological polar surface area (TPSA) is 78.3 Å². The lowest BCUT2D eigenvalue weighted by Gasteiger charge is -2.18. The molecule has 1 aromatic carbocycles. The van der Waals surface area contributed by atoms with Crippen molar-refractivity contribution in [2.45, 2.75) is 25.9 Å². The van der Waals surface area contributed by atoms with Gasteiger partial charge in [-0.05, 0) is 55.5 Å². The van der Waals surface area contributed by atoms with E-state index < -0.39 is 0 Å². The number of benzene rings is 1. The number of fused-ring (bicyclic) bond motifs is 1. The molecule has 3 aromatic heterocycles. The molecule has 0 saturated carbocycles. The first-order valence-corrected chi connectivity index (χ1v) is 10.5. The van der Waals surface area contributed by atoms with Gasteiger partial charge in [0.2, 0.25) is 5.91 Å². The zero-order valence-corrected chi connectivity index (χ0v) is 18.4. The van der Waals surface area contributed by atoms with Gasteiger partial charge in [-0.25, -0.2) is 4.98 Å². The van der Waals surface area contributed by atoms with E-state index in [2.05, 4.69) is 25.9 Å². The van der Waals surface area contributed by atoms with Gasteiger partial charge in [-0.15, -0.1) is 0 Å². The van der Waals surface area contributed by atoms with Crippen molar-refractivity contribution >= 4 is 16.9 Å². The normalized spacial score (nSPS) is 11.8. The molecule has 32 heavy (non-hydrogen) atoms. The second-order valence-corrected chi connectivity index (χ2v) is 7.49. The molecular weight excluding hydrogens is 404 g/mol. The van der Waals surface area contributed by atoms with Gasteiger partial charge in [0.25, 0.3) is 0 Å². The van der Waals surface area contributed by atoms with E-state index in [1.54, 1.807) is 26.6 Å². The number of hydrogen-bond acceptors (Lipinski definition) is 5. The first-order valence-electron chi connectivity index (χ1n) is 10.5. The smallest absolute Gasteiger partial charge is 0.222 e. The summed E-state index contributed by atoms with van der Waals surface area (Å²) >= 11 is 0. The van der Waals surface area contributed by atoms with E-state index >= 15 is 0 Å². The molecule has 0 aliphatic rings. The zero-order chi connectivity index (χ0) is 22.5. The second-order valence-electron chi connectivity index (χ2n) is 7.49. The third-order valence-corrected chi connectivity index (χ3v) is 5.46. The number of carbonyl (C=O) groups is 1. The lowest BCUT2D eigenvalue weighted by molar-refractivity contribution is -0.121. The van der Waals surface area contributed by atoms with Crippen molar-refractivity contribution in [3.8, 4) is 22.8 Å². The molecule has 1 N–H and O–H groups in total. The summed E-state index contributed by atoms with van der Waals surface area (Å²) in [6.45, 7) is 2.43. The van der Waals surface area contributed by atoms with Crippen LogP contribution >= 0.6 is 0 Å². The van der Waals surface area contributed by atoms with Gasteiger partial charge in [0.1, 0.15) is 17.1 Å². The van der Waals surface area contributed by atoms with Crippen LogP contribution in [0.1, 0.15) is 24.9 Å². The molecule has 0 bridgehead atoms. The summed E-state index contributed by atoms with van der Waals surface area (Å²) in [4.78, 5) is 21.6. The number of nitrogens with one attached hydrogen (secondary N) is 1. The van der Waals surface area contributed by atoms with Gasteiger partial charge in [0.15, 0.2) is 0 Å². The van der Waals surface area contributed by atoms with Crippen LogP contribution in [0.15, 0.2) is 67.1 Å². The molecule has 3 heterocycles. The molecule has 0 unspecified atom stereocenters. The van der Waals surface area contributed by atoms with Gasteiger partial charge in [-0.2, -0.15) is 0 Å². The number of methoxy groups -OCH3 is 2. The SMILES string of the molecule is COc1ccc(OC)c([C@@H](C)NC(=O)CCn2c(-c3cccnc3)cc3cccnc32)c1. The maximum Gasteiger partial charge on any atom is 0.222 e. The first-order chi connectivity index (χ1) is 15.6. The third-order valence-electron chi connectivity index (χ3n) is 5.46. The van der Waals surface area contributed by atoms with E-state index in [-0.39, 0.29) is 11.9 Å². The number of aromatic nitrogens is 3. The van der Waals surface area contributed by atoms with E-state index in [1.165, 1.54) is 0 Å². The van der Waals surface area contributed by atoms with Gasteiger partial charge in [0.05, 0.1) is 26.0 Å². The molecule has 164 valence electrons. The Hall–Kier alpha value is -3.87. The monoisotopic (exact) mass is 430 g/mol. The molecule has 0 aliphatic heterocycles. The highest BCUT2D eigenvalue weighted by Crippen LogP contribution is 2.30. The van der Waals surface area contributed by atoms with Crippen LogP contribution in [-0.4, -0.2) is 34.7 Å². The summed E-state index contributed by atoms with van der Waals surface area (Å²) in [6.07, 6.45) is 5.64. The molecule has 4 rings (SSSR count). The van der Waals surface area contributed by atoms with Crippen LogP contribution in [0.25, 0.3) is 22.3 Å². The molecule has 0 aliphatic carbocycles. The molecule has 7 heteroatoms. The molecule has 0 radical (unpaired) electrons. The number of hydrogen-bond donors (Lipinski definition) is 1. The molecule has 4 aromatic rings. The highest BCUT2D eigenvalue weighted by atomic mass is 16.5. The number of ether oxygens (including phenoxy) is 2. The van der Waals surface area contributed by atoms with Crippen molar-refractivity contribution in [2.24, 2.45) is 0 Å². The standard InChI is InChI=1S/C25H26N4O3/c1-17(21-15-20(31-2)8-9-23(21)32-3)28-24(30)10-13-29-22(19-7-4-11-26-16-19)14-18-6-5-12-27-25(18)29/h4-9,11-12,14-17H,10,13H2,1-3H3,(H,28,30)/t17-/m1/s1. The molecule has 0 spiro atoms. The van der Waals surface area contributed by atoms with Crippen molar-refractivity contribution in [3.63, 3.8) is 0 Å². The number of aryl methyl sites for hydroxylation is 1. The fraction of sp³-hybridized carbons (Fsp3) is 0.240. The molecule has 0 fully saturated rings. The van der Waals surface area contributed by atoms with Crippen LogP contribution in [0.5, 0.6) is 11.5 Å². The van der Waals surface area contributed by atoms with Gasteiger partial charge in [0, 0.05) is 48.1 Å². The predicted octanol–water partition coefficient (Wildman–Crippen LogP) is 4.38. The molecule has 1 amide bonds. The van der Waals surface area contributed by atoms with Gasteiger partial charge >= 0.3 is 0 Å². The fourth-order valence-electron chi connectivity index (χ4n) is 3.85. The number of pyridine rings is 2. The van der Waals surface area contributed by atoms with Crippen LogP contribution in [0.3, 0.4) is 0 Å². The predicted molar refractivity (Wildman–Crippen MR) is 124 cm³/mol. The minimum atomic E-state index is -0.232. The Morgan fingerprint density at radius 2 is 1.94 bits per heavy atom. The largest absolute Gasteiger partial charge is 0.497 e. The Kier molecular flexibility index (Phi) is 6.35. The van der Waals surface area contributed by atoms with Crippen LogP contribution < -0.4 is 14.8 Å². The second kappa shape index (κ2) is 9.51. The van der Waals surface area contributed by atoms with Crippen molar-refractivity contribution in [1.29, 1.82) is 0 Å². The highest BCUT2D eigenvalue weighted by molar-refractivity contribution is 5.84. The minimum absolute atomic E-state index is 0.0581. The number of amides is 1. The van der Waals surface area contributed by atoms with Crippen molar-refractivity contribution < 1.29 is 14.3 Å². The fourth-order valence-corrected chi connectivity index (χ4v) is 3.85. The molecular formula is C25H26N4O3. The summed E-state index contributed by atoms with van der Waals surface area (Å²) in [7, 11) is 3.23. The van der Waals surface area contributed by atoms with Crippen LogP contribution in [0.2, 0.25) is 0 Å². The Balaban J connectivity index is 1.53.